The minimum absolute atomic E-state index is 0.0264. The van der Waals surface area contributed by atoms with Gasteiger partial charge in [-0.3, -0.25) is 9.79 Å². The summed E-state index contributed by atoms with van der Waals surface area (Å²) in [6, 6.07) is 4.23. The van der Waals surface area contributed by atoms with Crippen molar-refractivity contribution in [1.29, 1.82) is 0 Å². The number of hydrogen-bond donors (Lipinski definition) is 4. The van der Waals surface area contributed by atoms with Gasteiger partial charge < -0.3 is 32.2 Å². The number of carbonyl (C=O) groups is 1. The highest BCUT2D eigenvalue weighted by Gasteiger charge is 2.24. The molecule has 0 aliphatic heterocycles. The third-order valence-electron chi connectivity index (χ3n) is 6.08. The molecule has 12 heteroatoms. The van der Waals surface area contributed by atoms with E-state index in [0.717, 1.165) is 77.0 Å². The van der Waals surface area contributed by atoms with Crippen LogP contribution in [0.15, 0.2) is 52.6 Å². The molecule has 1 saturated carbocycles. The van der Waals surface area contributed by atoms with Crippen molar-refractivity contribution in [2.45, 2.75) is 65.0 Å². The standard InChI is InChI=1S/C15H18N4S2.C13H24N4O2/c1-10-5-6-14(17-7-10)18-9-20-8-13(16-4)15-11(2)19-12(3)21-15;1-17(9-18)10-4-2-3-5-11(8-10)19-13(16)7-6-12(14)15/h5-8H,4,9H2,1-3H3,(H,17,18);6-7,9-11H,2-5,8,14-16H2,1H3/b13-8-;13-7+/t;10-,11-/m.0/s1. The lowest BCUT2D eigenvalue weighted by Gasteiger charge is -2.26. The molecule has 218 valence electrons. The topological polar surface area (TPSA) is 158 Å². The van der Waals surface area contributed by atoms with Crippen LogP contribution in [0.1, 0.15) is 53.2 Å². The number of nitrogens with one attached hydrogen (secondary N) is 1. The van der Waals surface area contributed by atoms with Crippen molar-refractivity contribution < 1.29 is 9.53 Å². The molecule has 2 aromatic heterocycles. The van der Waals surface area contributed by atoms with E-state index >= 15 is 0 Å². The Balaban J connectivity index is 0.000000282. The fourth-order valence-electron chi connectivity index (χ4n) is 4.00. The number of hydrogen-bond acceptors (Lipinski definition) is 11. The fraction of sp³-hybridized carbons (Fsp3) is 0.429. The van der Waals surface area contributed by atoms with Crippen molar-refractivity contribution >= 4 is 47.7 Å². The van der Waals surface area contributed by atoms with Crippen LogP contribution in [-0.4, -0.2) is 53.1 Å². The third kappa shape index (κ3) is 11.7. The highest BCUT2D eigenvalue weighted by atomic mass is 32.2. The largest absolute Gasteiger partial charge is 0.476 e. The molecule has 0 radical (unpaired) electrons. The average Bonchev–Trinajstić information content (AvgIpc) is 3.11. The molecule has 10 nitrogen and oxygen atoms in total. The zero-order valence-electron chi connectivity index (χ0n) is 23.8. The van der Waals surface area contributed by atoms with Crippen LogP contribution in [0.25, 0.3) is 5.70 Å². The molecule has 1 fully saturated rings. The molecule has 1 aliphatic carbocycles. The Hall–Kier alpha value is -3.51. The lowest BCUT2D eigenvalue weighted by Crippen LogP contribution is -2.33. The zero-order valence-corrected chi connectivity index (χ0v) is 25.4. The summed E-state index contributed by atoms with van der Waals surface area (Å²) in [7, 11) is 1.80. The quantitative estimate of drug-likeness (QED) is 0.0561. The maximum Gasteiger partial charge on any atom is 0.209 e. The van der Waals surface area contributed by atoms with E-state index < -0.39 is 0 Å². The summed E-state index contributed by atoms with van der Waals surface area (Å²) >= 11 is 3.27. The van der Waals surface area contributed by atoms with Crippen molar-refractivity contribution in [1.82, 2.24) is 14.9 Å². The molecule has 0 saturated heterocycles. The molecule has 3 rings (SSSR count). The smallest absolute Gasteiger partial charge is 0.209 e. The van der Waals surface area contributed by atoms with Gasteiger partial charge in [0, 0.05) is 31.8 Å². The number of anilines is 1. The van der Waals surface area contributed by atoms with Crippen LogP contribution in [0.5, 0.6) is 0 Å². The molecule has 1 aliphatic rings. The van der Waals surface area contributed by atoms with Gasteiger partial charge in [0.15, 0.2) is 5.88 Å². The van der Waals surface area contributed by atoms with Gasteiger partial charge >= 0.3 is 0 Å². The molecule has 2 heterocycles. The summed E-state index contributed by atoms with van der Waals surface area (Å²) in [5, 5.41) is 6.31. The minimum atomic E-state index is 0.0264. The van der Waals surface area contributed by atoms with Crippen LogP contribution in [-0.2, 0) is 9.53 Å². The number of carbonyl (C=O) groups excluding carboxylic acids is 1. The predicted octanol–water partition coefficient (Wildman–Crippen LogP) is 4.62. The number of rotatable bonds is 11. The normalized spacial score (nSPS) is 17.5. The van der Waals surface area contributed by atoms with Crippen LogP contribution in [0.4, 0.5) is 5.82 Å². The Kier molecular flexibility index (Phi) is 14.1. The second kappa shape index (κ2) is 17.2. The van der Waals surface area contributed by atoms with E-state index in [2.05, 4.69) is 27.0 Å². The van der Waals surface area contributed by atoms with E-state index in [9.17, 15) is 4.79 Å². The molecule has 0 spiro atoms. The Morgan fingerprint density at radius 1 is 1.25 bits per heavy atom. The third-order valence-corrected chi connectivity index (χ3v) is 7.88. The number of nitrogens with zero attached hydrogens (tertiary/aromatic N) is 4. The number of thioether (sulfide) groups is 1. The number of aryl methyl sites for hydroxylation is 3. The van der Waals surface area contributed by atoms with Gasteiger partial charge in [0.25, 0.3) is 0 Å². The molecular weight excluding hydrogens is 544 g/mol. The first-order valence-electron chi connectivity index (χ1n) is 13.0. The second-order valence-corrected chi connectivity index (χ2v) is 11.5. The molecule has 40 heavy (non-hydrogen) atoms. The number of allylic oxidation sites excluding steroid dienone is 2. The van der Waals surface area contributed by atoms with Gasteiger partial charge in [0.1, 0.15) is 11.9 Å². The van der Waals surface area contributed by atoms with Crippen LogP contribution < -0.4 is 22.5 Å². The molecule has 0 bridgehead atoms. The Morgan fingerprint density at radius 3 is 2.60 bits per heavy atom. The monoisotopic (exact) mass is 586 g/mol. The van der Waals surface area contributed by atoms with Gasteiger partial charge in [0.05, 0.1) is 33.0 Å². The van der Waals surface area contributed by atoms with Gasteiger partial charge in [-0.15, -0.1) is 23.1 Å². The van der Waals surface area contributed by atoms with E-state index in [1.165, 1.54) is 6.08 Å². The van der Waals surface area contributed by atoms with Crippen LogP contribution in [0.2, 0.25) is 0 Å². The summed E-state index contributed by atoms with van der Waals surface area (Å²) in [5.41, 5.74) is 19.4. The SMILES string of the molecule is C=N/C(=C\SCNc1ccc(C)cn1)c1sc(C)nc1C.CN(C=O)[C@H]1CCCC[C@H](O/C(N)=C/C=C(N)N)C1. The second-order valence-electron chi connectivity index (χ2n) is 9.44. The van der Waals surface area contributed by atoms with Gasteiger partial charge in [-0.25, -0.2) is 9.97 Å². The van der Waals surface area contributed by atoms with Crippen LogP contribution in [0, 0.1) is 20.8 Å². The molecule has 0 aromatic carbocycles. The summed E-state index contributed by atoms with van der Waals surface area (Å²) in [4.78, 5) is 26.5. The summed E-state index contributed by atoms with van der Waals surface area (Å²) in [5.74, 6) is 2.09. The number of ether oxygens (including phenoxy) is 1. The lowest BCUT2D eigenvalue weighted by atomic mass is 10.1. The highest BCUT2D eigenvalue weighted by molar-refractivity contribution is 8.02. The van der Waals surface area contributed by atoms with E-state index in [0.29, 0.717) is 5.88 Å². The maximum absolute atomic E-state index is 10.8. The first-order valence-corrected chi connectivity index (χ1v) is 14.9. The zero-order chi connectivity index (χ0) is 29.5. The molecule has 2 atom stereocenters. The first kappa shape index (κ1) is 32.7. The Bertz CT molecular complexity index is 1170. The number of pyridine rings is 1. The fourth-order valence-corrected chi connectivity index (χ4v) is 5.64. The Morgan fingerprint density at radius 2 is 2.00 bits per heavy atom. The van der Waals surface area contributed by atoms with Crippen molar-refractivity contribution in [2.24, 2.45) is 22.2 Å². The van der Waals surface area contributed by atoms with Crippen LogP contribution in [0.3, 0.4) is 0 Å². The van der Waals surface area contributed by atoms with E-state index in [4.69, 9.17) is 21.9 Å². The number of aromatic nitrogens is 2. The van der Waals surface area contributed by atoms with Gasteiger partial charge in [-0.2, -0.15) is 0 Å². The average molecular weight is 587 g/mol. The highest BCUT2D eigenvalue weighted by Crippen LogP contribution is 2.28. The van der Waals surface area contributed by atoms with Crippen molar-refractivity contribution in [3.63, 3.8) is 0 Å². The van der Waals surface area contributed by atoms with E-state index in [1.54, 1.807) is 41.1 Å². The first-order chi connectivity index (χ1) is 19.1. The van der Waals surface area contributed by atoms with Gasteiger partial charge in [0.2, 0.25) is 6.41 Å². The number of amides is 1. The van der Waals surface area contributed by atoms with E-state index in [1.807, 2.05) is 44.5 Å². The summed E-state index contributed by atoms with van der Waals surface area (Å²) < 4.78 is 5.69. The minimum Gasteiger partial charge on any atom is -0.476 e. The summed E-state index contributed by atoms with van der Waals surface area (Å²) in [6.07, 6.45) is 10.7. The molecule has 2 aromatic rings. The summed E-state index contributed by atoms with van der Waals surface area (Å²) in [6.45, 7) is 9.67. The molecular formula is C28H42N8O2S2. The van der Waals surface area contributed by atoms with Crippen molar-refractivity contribution in [3.05, 3.63) is 68.7 Å². The van der Waals surface area contributed by atoms with Crippen molar-refractivity contribution in [3.8, 4) is 0 Å². The lowest BCUT2D eigenvalue weighted by molar-refractivity contribution is -0.119. The Labute approximate surface area is 245 Å². The molecule has 1 amide bonds. The maximum atomic E-state index is 10.8. The molecule has 7 N–H and O–H groups in total. The van der Waals surface area contributed by atoms with Gasteiger partial charge in [-0.1, -0.05) is 12.5 Å². The van der Waals surface area contributed by atoms with Gasteiger partial charge in [-0.05, 0) is 69.9 Å². The van der Waals surface area contributed by atoms with Crippen LogP contribution >= 0.6 is 23.1 Å². The molecule has 0 unspecified atom stereocenters. The number of thiazole rings is 1. The number of aliphatic imine (C=N–C) groups is 1. The predicted molar refractivity (Wildman–Crippen MR) is 168 cm³/mol. The van der Waals surface area contributed by atoms with Crippen molar-refractivity contribution in [2.75, 3.05) is 18.2 Å². The van der Waals surface area contributed by atoms with E-state index in [-0.39, 0.29) is 18.0 Å². The number of nitrogens with two attached hydrogens (primary N) is 3.